The Morgan fingerprint density at radius 2 is 1.27 bits per heavy atom. The number of halogens is 9. The van der Waals surface area contributed by atoms with Crippen molar-refractivity contribution < 1.29 is 123 Å². The van der Waals surface area contributed by atoms with Crippen LogP contribution in [0.1, 0.15) is 48.6 Å². The van der Waals surface area contributed by atoms with Crippen molar-refractivity contribution in [3.63, 3.8) is 0 Å². The minimum atomic E-state index is -4.71. The molecule has 47 heteroatoms. The number of ether oxygens (including phenoxy) is 5. The zero-order valence-electron chi connectivity index (χ0n) is 49.2. The number of aromatic carboxylic acids is 1. The lowest BCUT2D eigenvalue weighted by Gasteiger charge is -2.12. The van der Waals surface area contributed by atoms with Crippen molar-refractivity contribution in [2.75, 3.05) is 50.0 Å². The molecule has 3 unspecified atom stereocenters. The summed E-state index contributed by atoms with van der Waals surface area (Å²) in [5.41, 5.74) is 3.08. The Bertz CT molecular complexity index is 4150. The first kappa shape index (κ1) is 80.2. The van der Waals surface area contributed by atoms with Gasteiger partial charge in [-0.2, -0.15) is 59.4 Å². The summed E-state index contributed by atoms with van der Waals surface area (Å²) in [6.07, 6.45) is 0.979. The summed E-state index contributed by atoms with van der Waals surface area (Å²) < 4.78 is 200. The number of alkyl halides is 7. The number of nitrogens with two attached hydrogens (primary N) is 1. The molecule has 0 aliphatic rings. The molecule has 0 bridgehead atoms. The van der Waals surface area contributed by atoms with Crippen LogP contribution in [0.3, 0.4) is 0 Å². The van der Waals surface area contributed by atoms with Gasteiger partial charge in [0, 0.05) is 30.5 Å². The zero-order valence-corrected chi connectivity index (χ0v) is 54.0. The Labute approximate surface area is 541 Å². The van der Waals surface area contributed by atoms with Gasteiger partial charge in [0.25, 0.3) is 20.0 Å². The number of urea groups is 2. The molecule has 95 heavy (non-hydrogen) atoms. The molecule has 9 N–H and O–H groups in total. The van der Waals surface area contributed by atoms with Gasteiger partial charge >= 0.3 is 55.4 Å². The van der Waals surface area contributed by atoms with Crippen LogP contribution in [0, 0.1) is 12.7 Å². The van der Waals surface area contributed by atoms with Gasteiger partial charge in [-0.25, -0.2) is 59.4 Å². The molecular formula is C48H53Cl2F7N13O21PS3. The lowest BCUT2D eigenvalue weighted by atomic mass is 10.1. The highest BCUT2D eigenvalue weighted by Gasteiger charge is 2.30. The van der Waals surface area contributed by atoms with Gasteiger partial charge < -0.3 is 44.5 Å². The van der Waals surface area contributed by atoms with Gasteiger partial charge in [0.15, 0.2) is 28.0 Å². The Morgan fingerprint density at radius 1 is 0.768 bits per heavy atom. The third-order valence-electron chi connectivity index (χ3n) is 10.8. The van der Waals surface area contributed by atoms with Crippen molar-refractivity contribution >= 4 is 102 Å². The van der Waals surface area contributed by atoms with Crippen molar-refractivity contribution in [2.24, 2.45) is 5.73 Å². The second kappa shape index (κ2) is 35.4. The minimum absolute atomic E-state index is 0.0412. The Balaban J connectivity index is 0.000000344. The van der Waals surface area contributed by atoms with Crippen LogP contribution in [0.25, 0.3) is 5.69 Å². The third kappa shape index (κ3) is 25.0. The summed E-state index contributed by atoms with van der Waals surface area (Å²) in [7, 11) is -13.7. The van der Waals surface area contributed by atoms with Crippen LogP contribution >= 0.6 is 30.6 Å². The van der Waals surface area contributed by atoms with Crippen LogP contribution in [-0.2, 0) is 55.2 Å². The number of methoxy groups -OCH3 is 2. The van der Waals surface area contributed by atoms with Crippen LogP contribution in [0.15, 0.2) is 86.5 Å². The number of aryl methyl sites for hydroxylation is 1. The predicted octanol–water partition coefficient (Wildman–Crippen LogP) is 5.01. The molecule has 4 heterocycles. The second-order valence-electron chi connectivity index (χ2n) is 17.7. The molecule has 4 aromatic heterocycles. The molecule has 0 aliphatic heterocycles. The number of sulfone groups is 1. The Morgan fingerprint density at radius 3 is 1.74 bits per heavy atom. The number of rotatable bonds is 25. The standard InChI is InChI=1S/C15H14Cl2F3N3O3.C14H10F4N4O7S.C14H17N5O7S2.C5H12NO4P/c1-3-26-13(24)10(17)4-8-5-12(11(18)6-9(8)16)23-15(25)22(14(19)20)7(2)21-23;15-11(16)28-8-5-9(29-12(17)18)20-13(19-8)21-14(25)22-30(26,27)7-4-2-1-3-6(7)10(23)24;1-4-27(21,22)9-6-5-7-15-12(9)28(23,24)19-14(20)18-13-16-10(25-2)8-11(17-13)26-3;1-11(9,10)3-2-4(6)5(7)8/h5-6,10,14H,3-4H2,1-2H3;1-5,11-12H,(H,23,24)(H2,19,20,21,22,25);5-8H,4H2,1-3H3,(H2,16,17,18,19,20);4H,2-3,6H2,1H3,(H,7,8)(H,9,10). The number of aromatic nitrogens is 8. The molecule has 2 aromatic carbocycles. The fourth-order valence-corrected chi connectivity index (χ4v) is 11.5. The van der Waals surface area contributed by atoms with Crippen molar-refractivity contribution in [1.29, 1.82) is 0 Å². The second-order valence-corrected chi connectivity index (χ2v) is 26.7. The summed E-state index contributed by atoms with van der Waals surface area (Å²) in [5.74, 6) is -8.04. The monoisotopic (exact) mass is 1480 g/mol. The Hall–Kier alpha value is -9.07. The first-order valence-electron chi connectivity index (χ1n) is 25.6. The van der Waals surface area contributed by atoms with Gasteiger partial charge in [-0.05, 0) is 62.2 Å². The number of carboxylic acid groups (broad SMARTS) is 2. The molecule has 0 fully saturated rings. The quantitative estimate of drug-likeness (QED) is 0.0161. The van der Waals surface area contributed by atoms with E-state index in [1.807, 2.05) is 0 Å². The van der Waals surface area contributed by atoms with E-state index >= 15 is 0 Å². The molecule has 522 valence electrons. The SMILES string of the molecule is CCOC(=O)C(Cl)Cc1cc(-n2nc(C)n(C(F)F)c2=O)c(F)cc1Cl.CCS(=O)(=O)c1cccnc1S(=O)(=O)NC(=O)Nc1nc(OC)cc(OC)n1.CP(=O)(O)CCC(N)C(=O)O.O=C(Nc1nc(OC(F)F)cc(OC(F)F)n1)NS(=O)(=O)c1ccccc1C(=O)O. The number of carbonyl (C=O) groups excluding carboxylic acids is 3. The zero-order chi connectivity index (χ0) is 72.1. The van der Waals surface area contributed by atoms with E-state index in [0.29, 0.717) is 10.7 Å². The predicted molar refractivity (Wildman–Crippen MR) is 314 cm³/mol. The number of carboxylic acids is 2. The molecule has 0 aliphatic carbocycles. The van der Waals surface area contributed by atoms with Gasteiger partial charge in [-0.3, -0.25) is 24.8 Å². The van der Waals surface area contributed by atoms with E-state index in [1.54, 1.807) is 17.0 Å². The van der Waals surface area contributed by atoms with Crippen molar-refractivity contribution in [3.8, 4) is 29.2 Å². The highest BCUT2D eigenvalue weighted by atomic mass is 35.5. The fourth-order valence-electron chi connectivity index (χ4n) is 6.65. The average molecular weight is 1480 g/mol. The summed E-state index contributed by atoms with van der Waals surface area (Å²) in [6, 6.07) is 6.70. The van der Waals surface area contributed by atoms with Crippen LogP contribution in [-0.4, -0.2) is 174 Å². The average Bonchev–Trinajstić information content (AvgIpc) is 1.78. The van der Waals surface area contributed by atoms with E-state index in [1.165, 1.54) is 63.7 Å². The normalized spacial score (nSPS) is 12.5. The molecule has 4 amide bonds. The van der Waals surface area contributed by atoms with Gasteiger partial charge in [-0.15, -0.1) is 16.7 Å². The lowest BCUT2D eigenvalue weighted by Crippen LogP contribution is -2.36. The van der Waals surface area contributed by atoms with Crippen LogP contribution < -0.4 is 50.4 Å². The maximum absolute atomic E-state index is 14.2. The van der Waals surface area contributed by atoms with E-state index in [4.69, 9.17) is 58.3 Å². The number of carbonyl (C=O) groups is 5. The van der Waals surface area contributed by atoms with Crippen molar-refractivity contribution in [1.82, 2.24) is 48.7 Å². The number of aliphatic carboxylic acids is 1. The van der Waals surface area contributed by atoms with Crippen LogP contribution in [0.2, 0.25) is 5.02 Å². The van der Waals surface area contributed by atoms with E-state index in [9.17, 15) is 89.3 Å². The summed E-state index contributed by atoms with van der Waals surface area (Å²) in [6.45, 7) is -4.48. The number of esters is 1. The maximum atomic E-state index is 14.2. The molecule has 0 spiro atoms. The number of nitrogens with one attached hydrogen (secondary N) is 4. The summed E-state index contributed by atoms with van der Waals surface area (Å²) in [4.78, 5) is 94.3. The van der Waals surface area contributed by atoms with Gasteiger partial charge in [0.2, 0.25) is 35.4 Å². The Kier molecular flexibility index (Phi) is 29.9. The highest BCUT2D eigenvalue weighted by molar-refractivity contribution is 7.93. The van der Waals surface area contributed by atoms with Crippen LogP contribution in [0.5, 0.6) is 23.5 Å². The molecular weight excluding hydrogens is 1430 g/mol. The number of hydrogen-bond donors (Lipinski definition) is 8. The molecule has 34 nitrogen and oxygen atoms in total. The summed E-state index contributed by atoms with van der Waals surface area (Å²) in [5, 5.41) is 22.8. The van der Waals surface area contributed by atoms with E-state index in [2.05, 4.69) is 44.8 Å². The first-order valence-corrected chi connectivity index (χ1v) is 33.3. The van der Waals surface area contributed by atoms with E-state index < -0.39 is 148 Å². The van der Waals surface area contributed by atoms with Gasteiger partial charge in [-0.1, -0.05) is 30.7 Å². The molecule has 0 saturated carbocycles. The molecule has 3 atom stereocenters. The molecule has 6 rings (SSSR count). The van der Waals surface area contributed by atoms with E-state index in [-0.39, 0.29) is 75.7 Å². The molecule has 6 aromatic rings. The summed E-state index contributed by atoms with van der Waals surface area (Å²) >= 11 is 11.9. The largest absolute Gasteiger partial charge is 0.481 e. The van der Waals surface area contributed by atoms with Gasteiger partial charge in [0.05, 0.1) is 44.3 Å². The van der Waals surface area contributed by atoms with Crippen LogP contribution in [0.4, 0.5) is 52.2 Å². The number of benzene rings is 2. The minimum Gasteiger partial charge on any atom is -0.481 e. The molecule has 0 radical (unpaired) electrons. The third-order valence-corrected chi connectivity index (χ3v) is 17.2. The maximum Gasteiger partial charge on any atom is 0.388 e. The van der Waals surface area contributed by atoms with E-state index in [0.717, 1.165) is 36.5 Å². The number of nitrogens with zero attached hydrogens (tertiary/aromatic N) is 8. The lowest BCUT2D eigenvalue weighted by molar-refractivity contribution is -0.142. The highest BCUT2D eigenvalue weighted by Crippen LogP contribution is 2.36. The topological polar surface area (TPSA) is 490 Å². The van der Waals surface area contributed by atoms with Crippen molar-refractivity contribution in [2.45, 2.75) is 79.6 Å². The molecule has 0 saturated heterocycles. The number of hydrogen-bond acceptors (Lipinski definition) is 25. The van der Waals surface area contributed by atoms with Gasteiger partial charge in [0.1, 0.15) is 32.7 Å². The number of anilines is 2. The van der Waals surface area contributed by atoms with Crippen molar-refractivity contribution in [3.05, 3.63) is 105 Å². The number of pyridine rings is 1. The smallest absolute Gasteiger partial charge is 0.388 e. The number of sulfonamides is 2. The number of amides is 4. The first-order chi connectivity index (χ1) is 44.1. The fraction of sp³-hybridized carbons (Fsp3) is 0.333.